The van der Waals surface area contributed by atoms with E-state index in [1.165, 1.54) is 48.5 Å². The van der Waals surface area contributed by atoms with Crippen LogP contribution in [0.1, 0.15) is 0 Å². The van der Waals surface area contributed by atoms with Crippen molar-refractivity contribution in [1.29, 1.82) is 0 Å². The maximum absolute atomic E-state index is 4.75. The molecule has 6 aromatic rings. The zero-order valence-corrected chi connectivity index (χ0v) is 14.1. The number of hydrogen-bond donors (Lipinski definition) is 0. The minimum Gasteiger partial charge on any atom is -0.256 e. The van der Waals surface area contributed by atoms with Crippen LogP contribution in [0.25, 0.3) is 54.0 Å². The molecule has 0 aliphatic carbocycles. The van der Waals surface area contributed by atoms with E-state index >= 15 is 0 Å². The van der Waals surface area contributed by atoms with E-state index in [1.807, 2.05) is 12.3 Å². The minimum atomic E-state index is 1.05. The third-order valence-electron chi connectivity index (χ3n) is 5.48. The Bertz CT molecular complexity index is 1440. The lowest BCUT2D eigenvalue weighted by Crippen LogP contribution is -1.87. The molecular formula is C25H15N. The summed E-state index contributed by atoms with van der Waals surface area (Å²) in [5.74, 6) is 0. The number of hydrogen-bond acceptors (Lipinski definition) is 1. The highest BCUT2D eigenvalue weighted by Crippen LogP contribution is 2.39. The SMILES string of the molecule is c1ccc2c(c1)ncc1c2ccc2c3ccccc3c3ccccc3c12. The van der Waals surface area contributed by atoms with Crippen LogP contribution >= 0.6 is 0 Å². The largest absolute Gasteiger partial charge is 0.256 e. The number of aromatic nitrogens is 1. The summed E-state index contributed by atoms with van der Waals surface area (Å²) in [6.07, 6.45) is 2.04. The summed E-state index contributed by atoms with van der Waals surface area (Å²) < 4.78 is 0. The Morgan fingerprint density at radius 3 is 1.58 bits per heavy atom. The maximum atomic E-state index is 4.75. The number of benzene rings is 5. The van der Waals surface area contributed by atoms with E-state index in [2.05, 4.69) is 78.9 Å². The first-order valence-corrected chi connectivity index (χ1v) is 8.91. The highest BCUT2D eigenvalue weighted by atomic mass is 14.6. The Labute approximate surface area is 150 Å². The molecule has 6 rings (SSSR count). The summed E-state index contributed by atoms with van der Waals surface area (Å²) in [5, 5.41) is 11.5. The summed E-state index contributed by atoms with van der Waals surface area (Å²) in [6.45, 7) is 0. The lowest BCUT2D eigenvalue weighted by molar-refractivity contribution is 1.45. The molecule has 5 aromatic carbocycles. The molecule has 0 bridgehead atoms. The van der Waals surface area contributed by atoms with Gasteiger partial charge >= 0.3 is 0 Å². The van der Waals surface area contributed by atoms with Gasteiger partial charge in [0.05, 0.1) is 5.52 Å². The van der Waals surface area contributed by atoms with Crippen LogP contribution in [0, 0.1) is 0 Å². The topological polar surface area (TPSA) is 12.9 Å². The van der Waals surface area contributed by atoms with E-state index < -0.39 is 0 Å². The van der Waals surface area contributed by atoms with E-state index in [-0.39, 0.29) is 0 Å². The van der Waals surface area contributed by atoms with Crippen LogP contribution in [0.3, 0.4) is 0 Å². The molecule has 1 aromatic heterocycles. The highest BCUT2D eigenvalue weighted by Gasteiger charge is 2.12. The minimum absolute atomic E-state index is 1.05. The molecule has 0 aliphatic rings. The third-order valence-corrected chi connectivity index (χ3v) is 5.48. The summed E-state index contributed by atoms with van der Waals surface area (Å²) in [4.78, 5) is 4.75. The van der Waals surface area contributed by atoms with Gasteiger partial charge in [0.2, 0.25) is 0 Å². The van der Waals surface area contributed by atoms with E-state index in [0.717, 1.165) is 5.52 Å². The second kappa shape index (κ2) is 5.03. The Hall–Kier alpha value is -3.45. The van der Waals surface area contributed by atoms with Gasteiger partial charge in [-0.3, -0.25) is 4.98 Å². The van der Waals surface area contributed by atoms with Gasteiger partial charge in [-0.25, -0.2) is 0 Å². The van der Waals surface area contributed by atoms with Crippen molar-refractivity contribution in [1.82, 2.24) is 4.98 Å². The molecule has 1 heterocycles. The van der Waals surface area contributed by atoms with Crippen molar-refractivity contribution in [3.8, 4) is 0 Å². The quantitative estimate of drug-likeness (QED) is 0.278. The highest BCUT2D eigenvalue weighted by molar-refractivity contribution is 6.32. The van der Waals surface area contributed by atoms with Crippen molar-refractivity contribution in [2.45, 2.75) is 0 Å². The molecule has 0 saturated heterocycles. The number of fused-ring (bicyclic) bond motifs is 10. The van der Waals surface area contributed by atoms with E-state index in [0.29, 0.717) is 0 Å². The van der Waals surface area contributed by atoms with Gasteiger partial charge in [0.1, 0.15) is 0 Å². The van der Waals surface area contributed by atoms with E-state index in [4.69, 9.17) is 4.98 Å². The summed E-state index contributed by atoms with van der Waals surface area (Å²) in [7, 11) is 0. The smallest absolute Gasteiger partial charge is 0.0708 e. The molecule has 0 N–H and O–H groups in total. The second-order valence-electron chi connectivity index (χ2n) is 6.82. The van der Waals surface area contributed by atoms with Crippen LogP contribution in [-0.4, -0.2) is 4.98 Å². The summed E-state index contributed by atoms with van der Waals surface area (Å²) in [6, 6.07) is 30.3. The van der Waals surface area contributed by atoms with Crippen LogP contribution < -0.4 is 0 Å². The van der Waals surface area contributed by atoms with Gasteiger partial charge < -0.3 is 0 Å². The molecule has 26 heavy (non-hydrogen) atoms. The van der Waals surface area contributed by atoms with Crippen LogP contribution in [0.4, 0.5) is 0 Å². The normalized spacial score (nSPS) is 11.8. The number of rotatable bonds is 0. The molecule has 0 spiro atoms. The monoisotopic (exact) mass is 329 g/mol. The predicted octanol–water partition coefficient (Wildman–Crippen LogP) is 6.85. The van der Waals surface area contributed by atoms with Crippen LogP contribution in [0.15, 0.2) is 91.1 Å². The fourth-order valence-corrected chi connectivity index (χ4v) is 4.34. The average Bonchev–Trinajstić information content (AvgIpc) is 2.73. The third kappa shape index (κ3) is 1.72. The summed E-state index contributed by atoms with van der Waals surface area (Å²) in [5.41, 5.74) is 1.05. The number of pyridine rings is 1. The van der Waals surface area contributed by atoms with Crippen LogP contribution in [0.5, 0.6) is 0 Å². The second-order valence-corrected chi connectivity index (χ2v) is 6.82. The van der Waals surface area contributed by atoms with Crippen molar-refractivity contribution in [2.24, 2.45) is 0 Å². The fraction of sp³-hybridized carbons (Fsp3) is 0. The molecule has 0 amide bonds. The maximum Gasteiger partial charge on any atom is 0.0708 e. The molecule has 120 valence electrons. The first-order chi connectivity index (χ1) is 12.9. The van der Waals surface area contributed by atoms with Gasteiger partial charge in [-0.2, -0.15) is 0 Å². The Morgan fingerprint density at radius 2 is 0.846 bits per heavy atom. The number of nitrogens with zero attached hydrogens (tertiary/aromatic N) is 1. The lowest BCUT2D eigenvalue weighted by atomic mass is 9.91. The molecule has 0 radical (unpaired) electrons. The molecule has 1 nitrogen and oxygen atoms in total. The van der Waals surface area contributed by atoms with Crippen molar-refractivity contribution in [2.75, 3.05) is 0 Å². The first-order valence-electron chi connectivity index (χ1n) is 8.91. The standard InChI is InChI=1S/C25H15N/c1-2-9-18-16(7-1)17-8-3-4-11-21(17)25-22(18)14-13-19-20-10-5-6-12-24(20)26-15-23(19)25/h1-15H. The van der Waals surface area contributed by atoms with E-state index in [9.17, 15) is 0 Å². The Morgan fingerprint density at radius 1 is 0.385 bits per heavy atom. The Balaban J connectivity index is 1.99. The van der Waals surface area contributed by atoms with Crippen molar-refractivity contribution in [3.05, 3.63) is 91.1 Å². The molecule has 0 unspecified atom stereocenters. The zero-order valence-electron chi connectivity index (χ0n) is 14.1. The molecule has 0 fully saturated rings. The zero-order chi connectivity index (χ0) is 17.1. The van der Waals surface area contributed by atoms with Crippen LogP contribution in [-0.2, 0) is 0 Å². The van der Waals surface area contributed by atoms with Gasteiger partial charge in [0.15, 0.2) is 0 Å². The average molecular weight is 329 g/mol. The van der Waals surface area contributed by atoms with Gasteiger partial charge in [0, 0.05) is 17.0 Å². The fourth-order valence-electron chi connectivity index (χ4n) is 4.34. The van der Waals surface area contributed by atoms with E-state index in [1.54, 1.807) is 0 Å². The molecule has 1 heteroatoms. The van der Waals surface area contributed by atoms with Crippen molar-refractivity contribution < 1.29 is 0 Å². The van der Waals surface area contributed by atoms with Gasteiger partial charge in [0.25, 0.3) is 0 Å². The van der Waals surface area contributed by atoms with Gasteiger partial charge in [-0.1, -0.05) is 78.9 Å². The Kier molecular flexibility index (Phi) is 2.67. The van der Waals surface area contributed by atoms with Crippen molar-refractivity contribution >= 4 is 54.0 Å². The van der Waals surface area contributed by atoms with Crippen molar-refractivity contribution in [3.63, 3.8) is 0 Å². The first kappa shape index (κ1) is 13.8. The molecule has 0 atom stereocenters. The van der Waals surface area contributed by atoms with Crippen LogP contribution in [0.2, 0.25) is 0 Å². The molecule has 0 saturated carbocycles. The molecule has 0 aliphatic heterocycles. The summed E-state index contributed by atoms with van der Waals surface area (Å²) >= 11 is 0. The predicted molar refractivity (Wildman–Crippen MR) is 112 cm³/mol. The van der Waals surface area contributed by atoms with Gasteiger partial charge in [-0.15, -0.1) is 0 Å². The van der Waals surface area contributed by atoms with Gasteiger partial charge in [-0.05, 0) is 43.8 Å². The molecular weight excluding hydrogens is 314 g/mol. The number of para-hydroxylation sites is 1. The lowest BCUT2D eigenvalue weighted by Gasteiger charge is -2.13.